The number of hydrogen-bond acceptors (Lipinski definition) is 3. The Bertz CT molecular complexity index is 497. The van der Waals surface area contributed by atoms with E-state index in [9.17, 15) is 14.0 Å². The average molecular weight is 305 g/mol. The van der Waals surface area contributed by atoms with E-state index >= 15 is 0 Å². The molecule has 1 aromatic carbocycles. The fourth-order valence-corrected chi connectivity index (χ4v) is 1.36. The lowest BCUT2D eigenvalue weighted by Gasteiger charge is -2.07. The molecule has 0 bridgehead atoms. The Labute approximate surface area is 103 Å². The Balaban J connectivity index is 3.02. The summed E-state index contributed by atoms with van der Waals surface area (Å²) < 4.78 is 17.8. The Morgan fingerprint density at radius 2 is 2.00 bits per heavy atom. The monoisotopic (exact) mass is 304 g/mol. The molecular weight excluding hydrogens is 299 g/mol. The van der Waals surface area contributed by atoms with E-state index in [-0.39, 0.29) is 10.2 Å². The van der Waals surface area contributed by atoms with Crippen LogP contribution in [-0.4, -0.2) is 22.2 Å². The molecule has 0 heterocycles. The second-order valence-electron chi connectivity index (χ2n) is 2.83. The molecule has 17 heavy (non-hydrogen) atoms. The van der Waals surface area contributed by atoms with Crippen LogP contribution in [0, 0.1) is 5.82 Å². The molecule has 0 unspecified atom stereocenters. The summed E-state index contributed by atoms with van der Waals surface area (Å²) >= 11 is 2.96. The third kappa shape index (κ3) is 3.87. The van der Waals surface area contributed by atoms with Crippen molar-refractivity contribution in [3.05, 3.63) is 40.3 Å². The highest BCUT2D eigenvalue weighted by molar-refractivity contribution is 9.10. The lowest BCUT2D eigenvalue weighted by Crippen LogP contribution is -2.10. The van der Waals surface area contributed by atoms with Gasteiger partial charge in [0, 0.05) is 0 Å². The zero-order valence-corrected chi connectivity index (χ0v) is 9.77. The van der Waals surface area contributed by atoms with Crippen LogP contribution < -0.4 is 4.74 Å². The molecule has 0 atom stereocenters. The van der Waals surface area contributed by atoms with Gasteiger partial charge in [0.2, 0.25) is 5.76 Å². The third-order valence-corrected chi connectivity index (χ3v) is 2.20. The van der Waals surface area contributed by atoms with Gasteiger partial charge in [0.05, 0.1) is 10.5 Å². The van der Waals surface area contributed by atoms with Crippen LogP contribution >= 0.6 is 15.9 Å². The first kappa shape index (κ1) is 13.2. The summed E-state index contributed by atoms with van der Waals surface area (Å²) in [4.78, 5) is 21.0. The van der Waals surface area contributed by atoms with Crippen LogP contribution in [0.4, 0.5) is 4.39 Å². The predicted octanol–water partition coefficient (Wildman–Crippen LogP) is 2.02. The number of carboxylic acids is 2. The van der Waals surface area contributed by atoms with Gasteiger partial charge in [0.1, 0.15) is 11.6 Å². The minimum absolute atomic E-state index is 0.00120. The van der Waals surface area contributed by atoms with E-state index in [4.69, 9.17) is 14.9 Å². The van der Waals surface area contributed by atoms with Crippen molar-refractivity contribution in [3.63, 3.8) is 0 Å². The van der Waals surface area contributed by atoms with Crippen molar-refractivity contribution < 1.29 is 28.9 Å². The molecule has 1 rings (SSSR count). The second-order valence-corrected chi connectivity index (χ2v) is 3.68. The molecule has 0 aliphatic heterocycles. The smallest absolute Gasteiger partial charge is 0.372 e. The highest BCUT2D eigenvalue weighted by atomic mass is 79.9. The fourth-order valence-electron chi connectivity index (χ4n) is 0.923. The highest BCUT2D eigenvalue weighted by Gasteiger charge is 2.14. The molecule has 2 N–H and O–H groups in total. The zero-order valence-electron chi connectivity index (χ0n) is 8.18. The molecule has 0 aliphatic carbocycles. The maximum absolute atomic E-state index is 12.7. The number of rotatable bonds is 4. The standard InChI is InChI=1S/C10H6BrFO5/c11-6-3-5(12)1-2-7(6)17-8(10(15)16)4-9(13)14/h1-4H,(H,13,14)(H,15,16)/b8-4+. The van der Waals surface area contributed by atoms with E-state index in [0.29, 0.717) is 6.08 Å². The topological polar surface area (TPSA) is 83.8 Å². The Morgan fingerprint density at radius 1 is 1.35 bits per heavy atom. The number of carboxylic acid groups (broad SMARTS) is 2. The zero-order chi connectivity index (χ0) is 13.0. The van der Waals surface area contributed by atoms with Crippen LogP contribution in [0.5, 0.6) is 5.75 Å². The summed E-state index contributed by atoms with van der Waals surface area (Å²) in [7, 11) is 0. The van der Waals surface area contributed by atoms with E-state index in [2.05, 4.69) is 15.9 Å². The molecule has 0 aliphatic rings. The lowest BCUT2D eigenvalue weighted by molar-refractivity contribution is -0.137. The van der Waals surface area contributed by atoms with Crippen molar-refractivity contribution in [2.75, 3.05) is 0 Å². The van der Waals surface area contributed by atoms with Crippen LogP contribution in [0.15, 0.2) is 34.5 Å². The quantitative estimate of drug-likeness (QED) is 0.657. The third-order valence-electron chi connectivity index (χ3n) is 1.58. The van der Waals surface area contributed by atoms with Crippen molar-refractivity contribution in [2.45, 2.75) is 0 Å². The molecule has 0 spiro atoms. The second kappa shape index (κ2) is 5.44. The van der Waals surface area contributed by atoms with Gasteiger partial charge in [-0.15, -0.1) is 0 Å². The van der Waals surface area contributed by atoms with Gasteiger partial charge >= 0.3 is 11.9 Å². The Hall–Kier alpha value is -1.89. The molecule has 0 amide bonds. The molecule has 0 aromatic heterocycles. The van der Waals surface area contributed by atoms with Crippen molar-refractivity contribution in [1.82, 2.24) is 0 Å². The highest BCUT2D eigenvalue weighted by Crippen LogP contribution is 2.27. The fraction of sp³-hybridized carbons (Fsp3) is 0. The first-order chi connectivity index (χ1) is 7.90. The maximum Gasteiger partial charge on any atom is 0.372 e. The number of benzene rings is 1. The lowest BCUT2D eigenvalue weighted by atomic mass is 10.3. The van der Waals surface area contributed by atoms with Gasteiger partial charge in [0.25, 0.3) is 0 Å². The van der Waals surface area contributed by atoms with Crippen molar-refractivity contribution in [2.24, 2.45) is 0 Å². The van der Waals surface area contributed by atoms with E-state index in [1.54, 1.807) is 0 Å². The number of aliphatic carboxylic acids is 2. The van der Waals surface area contributed by atoms with Gasteiger partial charge in [-0.05, 0) is 34.1 Å². The molecular formula is C10H6BrFO5. The first-order valence-electron chi connectivity index (χ1n) is 4.21. The largest absolute Gasteiger partial charge is 0.478 e. The molecule has 0 radical (unpaired) electrons. The summed E-state index contributed by atoms with van der Waals surface area (Å²) in [5, 5.41) is 17.1. The van der Waals surface area contributed by atoms with Crippen LogP contribution in [0.1, 0.15) is 0 Å². The Morgan fingerprint density at radius 3 is 2.47 bits per heavy atom. The number of halogens is 2. The van der Waals surface area contributed by atoms with Gasteiger partial charge in [-0.25, -0.2) is 14.0 Å². The average Bonchev–Trinajstić information content (AvgIpc) is 2.19. The van der Waals surface area contributed by atoms with E-state index in [0.717, 1.165) is 12.1 Å². The normalized spacial score (nSPS) is 11.1. The summed E-state index contributed by atoms with van der Waals surface area (Å²) in [5.41, 5.74) is 0. The number of ether oxygens (including phenoxy) is 1. The van der Waals surface area contributed by atoms with Gasteiger partial charge in [0.15, 0.2) is 0 Å². The van der Waals surface area contributed by atoms with Crippen molar-refractivity contribution in [3.8, 4) is 5.75 Å². The van der Waals surface area contributed by atoms with Crippen LogP contribution in [0.2, 0.25) is 0 Å². The summed E-state index contributed by atoms with van der Waals surface area (Å²) in [6.45, 7) is 0. The minimum atomic E-state index is -1.54. The van der Waals surface area contributed by atoms with E-state index < -0.39 is 23.5 Å². The molecule has 0 saturated carbocycles. The van der Waals surface area contributed by atoms with E-state index in [1.807, 2.05) is 0 Å². The molecule has 7 heteroatoms. The maximum atomic E-state index is 12.7. The van der Waals surface area contributed by atoms with Crippen LogP contribution in [-0.2, 0) is 9.59 Å². The van der Waals surface area contributed by atoms with Gasteiger partial charge < -0.3 is 14.9 Å². The Kier molecular flexibility index (Phi) is 4.22. The molecule has 1 aromatic rings. The first-order valence-corrected chi connectivity index (χ1v) is 5.00. The molecule has 5 nitrogen and oxygen atoms in total. The number of carbonyl (C=O) groups is 2. The molecule has 90 valence electrons. The van der Waals surface area contributed by atoms with Crippen molar-refractivity contribution in [1.29, 1.82) is 0 Å². The number of hydrogen-bond donors (Lipinski definition) is 2. The van der Waals surface area contributed by atoms with E-state index in [1.165, 1.54) is 6.07 Å². The SMILES string of the molecule is O=C(O)/C=C(/Oc1ccc(F)cc1Br)C(=O)O. The van der Waals surface area contributed by atoms with Crippen LogP contribution in [0.3, 0.4) is 0 Å². The summed E-state index contributed by atoms with van der Waals surface area (Å²) in [6.07, 6.45) is 0.401. The molecule has 0 saturated heterocycles. The molecule has 0 fully saturated rings. The minimum Gasteiger partial charge on any atom is -0.478 e. The van der Waals surface area contributed by atoms with Crippen molar-refractivity contribution >= 4 is 27.9 Å². The van der Waals surface area contributed by atoms with Gasteiger partial charge in [-0.2, -0.15) is 0 Å². The summed E-state index contributed by atoms with van der Waals surface area (Å²) in [5.74, 6) is -4.31. The predicted molar refractivity (Wildman–Crippen MR) is 58.1 cm³/mol. The van der Waals surface area contributed by atoms with Gasteiger partial charge in [-0.3, -0.25) is 0 Å². The van der Waals surface area contributed by atoms with Gasteiger partial charge in [-0.1, -0.05) is 0 Å². The van der Waals surface area contributed by atoms with Crippen LogP contribution in [0.25, 0.3) is 0 Å². The summed E-state index contributed by atoms with van der Waals surface area (Å²) in [6, 6.07) is 3.30.